The predicted octanol–water partition coefficient (Wildman–Crippen LogP) is 2.00. The zero-order chi connectivity index (χ0) is 17.9. The second kappa shape index (κ2) is 7.43. The van der Waals surface area contributed by atoms with Crippen molar-refractivity contribution in [1.82, 2.24) is 19.8 Å². The van der Waals surface area contributed by atoms with Crippen molar-refractivity contribution >= 4 is 27.5 Å². The number of fused-ring (bicyclic) bond motifs is 1. The highest BCUT2D eigenvalue weighted by Gasteiger charge is 2.26. The van der Waals surface area contributed by atoms with Gasteiger partial charge in [0.05, 0.1) is 24.0 Å². The molecule has 1 unspecified atom stereocenters. The van der Waals surface area contributed by atoms with Gasteiger partial charge >= 0.3 is 0 Å². The number of thiophene rings is 1. The summed E-state index contributed by atoms with van der Waals surface area (Å²) < 4.78 is 6.91. The number of nitrogens with one attached hydrogen (secondary N) is 1. The number of nitrogens with zero attached hydrogens (tertiary/aromatic N) is 3. The molecule has 0 aromatic carbocycles. The third kappa shape index (κ3) is 3.42. The highest BCUT2D eigenvalue weighted by atomic mass is 32.1. The van der Waals surface area contributed by atoms with Gasteiger partial charge in [-0.3, -0.25) is 19.1 Å². The van der Waals surface area contributed by atoms with E-state index >= 15 is 0 Å². The number of aromatic nitrogens is 2. The smallest absolute Gasteiger partial charge is 0.262 e. The fourth-order valence-corrected chi connectivity index (χ4v) is 4.09. The van der Waals surface area contributed by atoms with E-state index in [4.69, 9.17) is 4.42 Å². The first-order valence-corrected chi connectivity index (χ1v) is 9.57. The highest BCUT2D eigenvalue weighted by Crippen LogP contribution is 2.24. The van der Waals surface area contributed by atoms with Gasteiger partial charge in [-0.15, -0.1) is 11.3 Å². The molecule has 7 nitrogen and oxygen atoms in total. The Morgan fingerprint density at radius 2 is 2.19 bits per heavy atom. The Balaban J connectivity index is 1.43. The van der Waals surface area contributed by atoms with E-state index in [0.717, 1.165) is 31.7 Å². The molecule has 1 aliphatic heterocycles. The number of furan rings is 1. The number of hydrogen-bond donors (Lipinski definition) is 1. The van der Waals surface area contributed by atoms with Crippen molar-refractivity contribution in [3.05, 3.63) is 52.3 Å². The van der Waals surface area contributed by atoms with Gasteiger partial charge in [0.25, 0.3) is 5.56 Å². The molecule has 0 aliphatic carbocycles. The van der Waals surface area contributed by atoms with Gasteiger partial charge in [0.15, 0.2) is 0 Å². The fraction of sp³-hybridized carbons (Fsp3) is 0.389. The van der Waals surface area contributed by atoms with Crippen molar-refractivity contribution in [3.63, 3.8) is 0 Å². The van der Waals surface area contributed by atoms with E-state index in [9.17, 15) is 9.59 Å². The van der Waals surface area contributed by atoms with Crippen molar-refractivity contribution in [2.75, 3.05) is 19.6 Å². The minimum atomic E-state index is -0.209. The molecule has 4 heterocycles. The van der Waals surface area contributed by atoms with Crippen molar-refractivity contribution in [2.24, 2.45) is 0 Å². The van der Waals surface area contributed by atoms with Crippen LogP contribution < -0.4 is 10.9 Å². The molecule has 0 radical (unpaired) electrons. The molecule has 0 bridgehead atoms. The highest BCUT2D eigenvalue weighted by molar-refractivity contribution is 7.16. The lowest BCUT2D eigenvalue weighted by Gasteiger charge is -2.26. The summed E-state index contributed by atoms with van der Waals surface area (Å²) in [5.41, 5.74) is -0.187. The topological polar surface area (TPSA) is 80.4 Å². The van der Waals surface area contributed by atoms with Gasteiger partial charge in [-0.1, -0.05) is 0 Å². The Morgan fingerprint density at radius 3 is 2.96 bits per heavy atom. The van der Waals surface area contributed by atoms with Crippen LogP contribution in [0.3, 0.4) is 0 Å². The zero-order valence-corrected chi connectivity index (χ0v) is 15.1. The molecule has 4 rings (SSSR count). The standard InChI is InChI=1S/C18H20N4O3S/c23-16(11-22-12-20-17-13(18(22)24)5-9-26-17)19-10-14(15-4-3-8-25-15)21-6-1-2-7-21/h3-5,8-9,12,14H,1-2,6-7,10-11H2,(H,19,23). The van der Waals surface area contributed by atoms with Crippen LogP contribution in [-0.2, 0) is 11.3 Å². The second-order valence-corrected chi connectivity index (χ2v) is 7.29. The quantitative estimate of drug-likeness (QED) is 0.716. The number of amides is 1. The van der Waals surface area contributed by atoms with Crippen LogP contribution >= 0.6 is 11.3 Å². The first-order valence-electron chi connectivity index (χ1n) is 8.69. The number of rotatable bonds is 6. The summed E-state index contributed by atoms with van der Waals surface area (Å²) in [5.74, 6) is 0.643. The molecule has 1 fully saturated rings. The molecule has 136 valence electrons. The van der Waals surface area contributed by atoms with Crippen molar-refractivity contribution in [3.8, 4) is 0 Å². The Morgan fingerprint density at radius 1 is 1.35 bits per heavy atom. The van der Waals surface area contributed by atoms with E-state index < -0.39 is 0 Å². The third-order valence-electron chi connectivity index (χ3n) is 4.71. The molecule has 1 atom stereocenters. The van der Waals surface area contributed by atoms with Gasteiger partial charge in [0.1, 0.15) is 17.1 Å². The van der Waals surface area contributed by atoms with Gasteiger partial charge in [-0.25, -0.2) is 4.98 Å². The van der Waals surface area contributed by atoms with E-state index in [1.165, 1.54) is 22.2 Å². The lowest BCUT2D eigenvalue weighted by atomic mass is 10.2. The predicted molar refractivity (Wildman–Crippen MR) is 99.1 cm³/mol. The molecule has 3 aromatic heterocycles. The van der Waals surface area contributed by atoms with Gasteiger partial charge in [0, 0.05) is 6.54 Å². The third-order valence-corrected chi connectivity index (χ3v) is 5.53. The second-order valence-electron chi connectivity index (χ2n) is 6.40. The van der Waals surface area contributed by atoms with Gasteiger partial charge in [0.2, 0.25) is 5.91 Å². The minimum absolute atomic E-state index is 0.0191. The summed E-state index contributed by atoms with van der Waals surface area (Å²) in [6.45, 7) is 2.41. The number of likely N-dealkylation sites (tertiary alicyclic amines) is 1. The summed E-state index contributed by atoms with van der Waals surface area (Å²) in [4.78, 5) is 32.0. The number of hydrogen-bond acceptors (Lipinski definition) is 6. The minimum Gasteiger partial charge on any atom is -0.468 e. The normalized spacial score (nSPS) is 16.2. The summed E-state index contributed by atoms with van der Waals surface area (Å²) in [5, 5.41) is 5.32. The van der Waals surface area contributed by atoms with Crippen LogP contribution in [0.2, 0.25) is 0 Å². The Kier molecular flexibility index (Phi) is 4.85. The fourth-order valence-electron chi connectivity index (χ4n) is 3.37. The Bertz CT molecular complexity index is 941. The average Bonchev–Trinajstić information content (AvgIpc) is 3.40. The van der Waals surface area contributed by atoms with Crippen LogP contribution in [0.4, 0.5) is 0 Å². The maximum Gasteiger partial charge on any atom is 0.262 e. The summed E-state index contributed by atoms with van der Waals surface area (Å²) >= 11 is 1.41. The molecule has 8 heteroatoms. The van der Waals surface area contributed by atoms with E-state index in [1.54, 1.807) is 12.3 Å². The van der Waals surface area contributed by atoms with Gasteiger partial charge in [-0.05, 0) is 49.5 Å². The van der Waals surface area contributed by atoms with Gasteiger partial charge < -0.3 is 9.73 Å². The van der Waals surface area contributed by atoms with E-state index in [2.05, 4.69) is 15.2 Å². The molecule has 1 aliphatic rings. The van der Waals surface area contributed by atoms with Crippen LogP contribution in [-0.4, -0.2) is 40.0 Å². The van der Waals surface area contributed by atoms with E-state index in [0.29, 0.717) is 16.8 Å². The number of carbonyl (C=O) groups excluding carboxylic acids is 1. The molecule has 1 N–H and O–H groups in total. The first kappa shape index (κ1) is 17.0. The van der Waals surface area contributed by atoms with Gasteiger partial charge in [-0.2, -0.15) is 0 Å². The maximum absolute atomic E-state index is 12.4. The molecule has 1 saturated heterocycles. The van der Waals surface area contributed by atoms with E-state index in [-0.39, 0.29) is 24.1 Å². The van der Waals surface area contributed by atoms with Crippen LogP contribution in [0.5, 0.6) is 0 Å². The van der Waals surface area contributed by atoms with Crippen molar-refractivity contribution in [1.29, 1.82) is 0 Å². The molecule has 0 spiro atoms. The van der Waals surface area contributed by atoms with Crippen LogP contribution in [0.1, 0.15) is 24.6 Å². The lowest BCUT2D eigenvalue weighted by molar-refractivity contribution is -0.122. The Labute approximate surface area is 154 Å². The number of carbonyl (C=O) groups is 1. The molecule has 0 saturated carbocycles. The van der Waals surface area contributed by atoms with Crippen LogP contribution in [0.15, 0.2) is 45.4 Å². The Hall–Kier alpha value is -2.45. The van der Waals surface area contributed by atoms with Crippen molar-refractivity contribution in [2.45, 2.75) is 25.4 Å². The largest absolute Gasteiger partial charge is 0.468 e. The maximum atomic E-state index is 12.4. The SMILES string of the molecule is O=C(Cn1cnc2sccc2c1=O)NCC(c1ccco1)N1CCCC1. The van der Waals surface area contributed by atoms with Crippen LogP contribution in [0, 0.1) is 0 Å². The molecular formula is C18H20N4O3S. The first-order chi connectivity index (χ1) is 12.7. The van der Waals surface area contributed by atoms with Crippen molar-refractivity contribution < 1.29 is 9.21 Å². The summed E-state index contributed by atoms with van der Waals surface area (Å²) in [6, 6.07) is 5.56. The molecular weight excluding hydrogens is 352 g/mol. The molecule has 3 aromatic rings. The summed E-state index contributed by atoms with van der Waals surface area (Å²) in [6.07, 6.45) is 5.41. The van der Waals surface area contributed by atoms with Crippen LogP contribution in [0.25, 0.3) is 10.2 Å². The molecule has 26 heavy (non-hydrogen) atoms. The zero-order valence-electron chi connectivity index (χ0n) is 14.3. The average molecular weight is 372 g/mol. The summed E-state index contributed by atoms with van der Waals surface area (Å²) in [7, 11) is 0. The molecule has 1 amide bonds. The lowest BCUT2D eigenvalue weighted by Crippen LogP contribution is -2.39. The monoisotopic (exact) mass is 372 g/mol. The van der Waals surface area contributed by atoms with E-state index in [1.807, 2.05) is 17.5 Å².